The maximum Gasteiger partial charge on any atom is 0.418 e. The van der Waals surface area contributed by atoms with Gasteiger partial charge in [0.05, 0.1) is 24.4 Å². The van der Waals surface area contributed by atoms with Crippen molar-refractivity contribution in [3.8, 4) is 5.88 Å². The molecule has 0 unspecified atom stereocenters. The van der Waals surface area contributed by atoms with E-state index in [1.807, 2.05) is 0 Å². The number of ether oxygens (including phenoxy) is 1. The van der Waals surface area contributed by atoms with Crippen LogP contribution in [0.1, 0.15) is 38.8 Å². The molecule has 5 nitrogen and oxygen atoms in total. The molecular formula is C21H17F4N3O2. The SMILES string of the molecule is COc1ncccc1C(=O)N[C@@H](c1ccc(CF)cc1)c1ncccc1C(F)(F)F. The highest BCUT2D eigenvalue weighted by Crippen LogP contribution is 2.35. The van der Waals surface area contributed by atoms with Gasteiger partial charge >= 0.3 is 6.18 Å². The fourth-order valence-corrected chi connectivity index (χ4v) is 2.93. The maximum absolute atomic E-state index is 13.6. The van der Waals surface area contributed by atoms with Crippen LogP contribution in [-0.2, 0) is 12.9 Å². The Morgan fingerprint density at radius 3 is 2.37 bits per heavy atom. The molecule has 30 heavy (non-hydrogen) atoms. The molecule has 1 N–H and O–H groups in total. The topological polar surface area (TPSA) is 64.1 Å². The third-order valence-corrected chi connectivity index (χ3v) is 4.37. The number of aromatic nitrogens is 2. The van der Waals surface area contributed by atoms with E-state index in [4.69, 9.17) is 4.74 Å². The fourth-order valence-electron chi connectivity index (χ4n) is 2.93. The van der Waals surface area contributed by atoms with E-state index in [-0.39, 0.29) is 17.1 Å². The molecule has 0 bridgehead atoms. The van der Waals surface area contributed by atoms with Gasteiger partial charge in [-0.3, -0.25) is 9.78 Å². The second-order valence-electron chi connectivity index (χ2n) is 6.28. The lowest BCUT2D eigenvalue weighted by Gasteiger charge is -2.23. The summed E-state index contributed by atoms with van der Waals surface area (Å²) in [5, 5.41) is 2.58. The summed E-state index contributed by atoms with van der Waals surface area (Å²) in [6.07, 6.45) is -2.05. The zero-order chi connectivity index (χ0) is 21.7. The number of rotatable bonds is 6. The smallest absolute Gasteiger partial charge is 0.418 e. The van der Waals surface area contributed by atoms with Gasteiger partial charge in [0.15, 0.2) is 0 Å². The van der Waals surface area contributed by atoms with Gasteiger partial charge in [-0.25, -0.2) is 9.37 Å². The lowest BCUT2D eigenvalue weighted by molar-refractivity contribution is -0.138. The highest BCUT2D eigenvalue weighted by molar-refractivity contribution is 5.96. The van der Waals surface area contributed by atoms with Crippen molar-refractivity contribution in [2.45, 2.75) is 18.9 Å². The largest absolute Gasteiger partial charge is 0.480 e. The summed E-state index contributed by atoms with van der Waals surface area (Å²) in [7, 11) is 1.33. The van der Waals surface area contributed by atoms with Crippen molar-refractivity contribution >= 4 is 5.91 Å². The van der Waals surface area contributed by atoms with Crippen molar-refractivity contribution in [3.05, 3.63) is 88.9 Å². The van der Waals surface area contributed by atoms with Crippen LogP contribution in [0.5, 0.6) is 5.88 Å². The van der Waals surface area contributed by atoms with E-state index in [9.17, 15) is 22.4 Å². The first-order valence-corrected chi connectivity index (χ1v) is 8.82. The summed E-state index contributed by atoms with van der Waals surface area (Å²) >= 11 is 0. The number of hydrogen-bond acceptors (Lipinski definition) is 4. The maximum atomic E-state index is 13.6. The molecule has 156 valence electrons. The lowest BCUT2D eigenvalue weighted by atomic mass is 9.97. The van der Waals surface area contributed by atoms with Crippen molar-refractivity contribution in [2.75, 3.05) is 7.11 Å². The first-order valence-electron chi connectivity index (χ1n) is 8.82. The number of carbonyl (C=O) groups is 1. The summed E-state index contributed by atoms with van der Waals surface area (Å²) in [6, 6.07) is 9.55. The second kappa shape index (κ2) is 8.89. The molecule has 3 rings (SSSR count). The van der Waals surface area contributed by atoms with E-state index in [0.717, 1.165) is 6.07 Å². The number of hydrogen-bond donors (Lipinski definition) is 1. The van der Waals surface area contributed by atoms with Gasteiger partial charge in [-0.05, 0) is 35.4 Å². The summed E-state index contributed by atoms with van der Waals surface area (Å²) in [6.45, 7) is -0.721. The molecule has 2 heterocycles. The molecule has 0 aliphatic rings. The van der Waals surface area contributed by atoms with Gasteiger partial charge in [0.25, 0.3) is 5.91 Å². The summed E-state index contributed by atoms with van der Waals surface area (Å²) in [4.78, 5) is 20.7. The van der Waals surface area contributed by atoms with Crippen LogP contribution in [0.2, 0.25) is 0 Å². The van der Waals surface area contributed by atoms with Crippen molar-refractivity contribution in [1.29, 1.82) is 0 Å². The van der Waals surface area contributed by atoms with Gasteiger partial charge in [0.1, 0.15) is 12.2 Å². The summed E-state index contributed by atoms with van der Waals surface area (Å²) in [5.41, 5.74) is -0.644. The lowest BCUT2D eigenvalue weighted by Crippen LogP contribution is -2.32. The van der Waals surface area contributed by atoms with Gasteiger partial charge in [-0.1, -0.05) is 24.3 Å². The zero-order valence-electron chi connectivity index (χ0n) is 15.8. The van der Waals surface area contributed by atoms with E-state index in [2.05, 4.69) is 15.3 Å². The molecule has 3 aromatic rings. The number of methoxy groups -OCH3 is 1. The monoisotopic (exact) mass is 419 g/mol. The Labute approximate surface area is 169 Å². The van der Waals surface area contributed by atoms with Crippen LogP contribution in [0.3, 0.4) is 0 Å². The van der Waals surface area contributed by atoms with Crippen LogP contribution in [-0.4, -0.2) is 23.0 Å². The predicted octanol–water partition coefficient (Wildman–Crippen LogP) is 4.49. The zero-order valence-corrected chi connectivity index (χ0v) is 15.8. The highest BCUT2D eigenvalue weighted by atomic mass is 19.4. The summed E-state index contributed by atoms with van der Waals surface area (Å²) in [5.74, 6) is -0.670. The molecule has 0 spiro atoms. The number of carbonyl (C=O) groups excluding carboxylic acids is 1. The minimum Gasteiger partial charge on any atom is -0.480 e. The molecule has 9 heteroatoms. The predicted molar refractivity (Wildman–Crippen MR) is 101 cm³/mol. The van der Waals surface area contributed by atoms with E-state index in [1.54, 1.807) is 0 Å². The highest BCUT2D eigenvalue weighted by Gasteiger charge is 2.37. The molecule has 1 aromatic carbocycles. The normalized spacial score (nSPS) is 12.3. The third kappa shape index (κ3) is 4.56. The van der Waals surface area contributed by atoms with Crippen LogP contribution in [0, 0.1) is 0 Å². The Bertz CT molecular complexity index is 1020. The van der Waals surface area contributed by atoms with Crippen molar-refractivity contribution in [1.82, 2.24) is 15.3 Å². The van der Waals surface area contributed by atoms with Gasteiger partial charge in [0, 0.05) is 12.4 Å². The van der Waals surface area contributed by atoms with Crippen LogP contribution < -0.4 is 10.1 Å². The minimum atomic E-state index is -4.68. The van der Waals surface area contributed by atoms with Gasteiger partial charge in [-0.2, -0.15) is 13.2 Å². The third-order valence-electron chi connectivity index (χ3n) is 4.37. The van der Waals surface area contributed by atoms with Crippen LogP contribution >= 0.6 is 0 Å². The average molecular weight is 419 g/mol. The molecule has 1 atom stereocenters. The molecule has 0 saturated heterocycles. The minimum absolute atomic E-state index is 0.0265. The second-order valence-corrected chi connectivity index (χ2v) is 6.28. The number of halogens is 4. The van der Waals surface area contributed by atoms with Gasteiger partial charge < -0.3 is 10.1 Å². The molecule has 0 aliphatic carbocycles. The Hall–Kier alpha value is -3.49. The molecular weight excluding hydrogens is 402 g/mol. The molecule has 0 aliphatic heterocycles. The standard InChI is InChI=1S/C21H17F4N3O2/c1-30-20-15(4-2-11-27-20)19(29)28-17(14-8-6-13(12-22)7-9-14)18-16(21(23,24)25)5-3-10-26-18/h2-11,17H,12H2,1H3,(H,28,29)/t17-/m0/s1. The first-order chi connectivity index (χ1) is 14.3. The number of nitrogens with zero attached hydrogens (tertiary/aromatic N) is 2. The van der Waals surface area contributed by atoms with E-state index in [1.165, 1.54) is 62.0 Å². The quantitative estimate of drug-likeness (QED) is 0.598. The van der Waals surface area contributed by atoms with Gasteiger partial charge in [-0.15, -0.1) is 0 Å². The molecule has 2 aromatic heterocycles. The van der Waals surface area contributed by atoms with Gasteiger partial charge in [0.2, 0.25) is 5.88 Å². The Morgan fingerprint density at radius 2 is 1.73 bits per heavy atom. The number of nitrogens with one attached hydrogen (secondary N) is 1. The Balaban J connectivity index is 2.08. The van der Waals surface area contributed by atoms with E-state index in [0.29, 0.717) is 11.1 Å². The van der Waals surface area contributed by atoms with Crippen LogP contribution in [0.15, 0.2) is 60.9 Å². The Morgan fingerprint density at radius 1 is 1.07 bits per heavy atom. The van der Waals surface area contributed by atoms with Crippen LogP contribution in [0.25, 0.3) is 0 Å². The molecule has 0 saturated carbocycles. The van der Waals surface area contributed by atoms with Crippen LogP contribution in [0.4, 0.5) is 17.6 Å². The summed E-state index contributed by atoms with van der Waals surface area (Å²) < 4.78 is 58.7. The first kappa shape index (κ1) is 21.2. The number of pyridine rings is 2. The van der Waals surface area contributed by atoms with Crippen molar-refractivity contribution < 1.29 is 27.1 Å². The molecule has 0 fully saturated rings. The van der Waals surface area contributed by atoms with Crippen molar-refractivity contribution in [3.63, 3.8) is 0 Å². The number of amides is 1. The number of alkyl halides is 4. The fraction of sp³-hybridized carbons (Fsp3) is 0.190. The van der Waals surface area contributed by atoms with E-state index < -0.39 is 30.4 Å². The average Bonchev–Trinajstić information content (AvgIpc) is 2.76. The van der Waals surface area contributed by atoms with E-state index >= 15 is 0 Å². The molecule has 0 radical (unpaired) electrons. The Kier molecular flexibility index (Phi) is 6.29. The number of benzene rings is 1. The van der Waals surface area contributed by atoms with Crippen molar-refractivity contribution in [2.24, 2.45) is 0 Å². The molecule has 1 amide bonds.